The van der Waals surface area contributed by atoms with E-state index in [1.165, 1.54) is 0 Å². The second kappa shape index (κ2) is 5.89. The summed E-state index contributed by atoms with van der Waals surface area (Å²) in [6, 6.07) is 5.84. The van der Waals surface area contributed by atoms with Gasteiger partial charge in [-0.3, -0.25) is 0 Å². The Bertz CT molecular complexity index is 258. The minimum absolute atomic E-state index is 0.627. The fourth-order valence-electron chi connectivity index (χ4n) is 0.849. The van der Waals surface area contributed by atoms with Crippen molar-refractivity contribution >= 4 is 43.5 Å². The zero-order valence-corrected chi connectivity index (χ0v) is 10.8. The largest absolute Gasteiger partial charge is 0.491 e. The van der Waals surface area contributed by atoms with E-state index >= 15 is 0 Å². The van der Waals surface area contributed by atoms with Crippen LogP contribution in [0.5, 0.6) is 5.75 Å². The highest BCUT2D eigenvalue weighted by Gasteiger charge is 2.04. The van der Waals surface area contributed by atoms with Gasteiger partial charge in [0.25, 0.3) is 0 Å². The number of rotatable bonds is 4. The van der Waals surface area contributed by atoms with Crippen LogP contribution in [0, 0.1) is 0 Å². The fraction of sp³-hybridized carbons (Fsp3) is 0.333. The average Bonchev–Trinajstić information content (AvgIpc) is 2.10. The van der Waals surface area contributed by atoms with Crippen LogP contribution in [0.2, 0.25) is 0 Å². The van der Waals surface area contributed by atoms with Crippen molar-refractivity contribution in [2.45, 2.75) is 6.42 Å². The van der Waals surface area contributed by atoms with E-state index < -0.39 is 0 Å². The molecule has 0 unspecified atom stereocenters. The van der Waals surface area contributed by atoms with Crippen LogP contribution < -0.4 is 4.74 Å². The van der Waals surface area contributed by atoms with E-state index in [9.17, 15) is 0 Å². The third-order valence-electron chi connectivity index (χ3n) is 1.44. The Kier molecular flexibility index (Phi) is 5.14. The highest BCUT2D eigenvalue weighted by molar-refractivity contribution is 9.11. The van der Waals surface area contributed by atoms with E-state index in [-0.39, 0.29) is 0 Å². The first-order valence-electron chi connectivity index (χ1n) is 3.88. The van der Waals surface area contributed by atoms with E-state index in [4.69, 9.17) is 16.3 Å². The third kappa shape index (κ3) is 3.49. The van der Waals surface area contributed by atoms with Crippen molar-refractivity contribution in [3.05, 3.63) is 27.1 Å². The molecule has 0 aliphatic rings. The predicted molar refractivity (Wildman–Crippen MR) is 62.7 cm³/mol. The van der Waals surface area contributed by atoms with E-state index in [0.29, 0.717) is 12.5 Å². The molecule has 0 amide bonds. The summed E-state index contributed by atoms with van der Waals surface area (Å²) in [5.74, 6) is 1.47. The predicted octanol–water partition coefficient (Wildman–Crippen LogP) is 4.22. The number of para-hydroxylation sites is 1. The van der Waals surface area contributed by atoms with Gasteiger partial charge in [0.15, 0.2) is 0 Å². The van der Waals surface area contributed by atoms with Gasteiger partial charge in [-0.15, -0.1) is 11.6 Å². The summed E-state index contributed by atoms with van der Waals surface area (Å²) in [5, 5.41) is 0. The van der Waals surface area contributed by atoms with Gasteiger partial charge >= 0.3 is 0 Å². The molecule has 0 aliphatic carbocycles. The smallest absolute Gasteiger partial charge is 0.147 e. The molecule has 0 saturated carbocycles. The maximum absolute atomic E-state index is 5.54. The lowest BCUT2D eigenvalue weighted by Gasteiger charge is -2.08. The molecule has 72 valence electrons. The van der Waals surface area contributed by atoms with Crippen LogP contribution in [0.3, 0.4) is 0 Å². The van der Waals surface area contributed by atoms with E-state index in [0.717, 1.165) is 21.1 Å². The molecule has 1 rings (SSSR count). The first kappa shape index (κ1) is 11.3. The molecule has 0 aromatic heterocycles. The topological polar surface area (TPSA) is 9.23 Å². The molecule has 0 bridgehead atoms. The third-order valence-corrected chi connectivity index (χ3v) is 2.96. The highest BCUT2D eigenvalue weighted by atomic mass is 79.9. The Labute approximate surface area is 99.7 Å². The quantitative estimate of drug-likeness (QED) is 0.594. The van der Waals surface area contributed by atoms with Crippen LogP contribution in [0.1, 0.15) is 6.42 Å². The molecule has 0 heterocycles. The van der Waals surface area contributed by atoms with Crippen molar-refractivity contribution < 1.29 is 4.74 Å². The van der Waals surface area contributed by atoms with Crippen molar-refractivity contribution in [2.75, 3.05) is 12.5 Å². The van der Waals surface area contributed by atoms with Gasteiger partial charge in [0.05, 0.1) is 15.6 Å². The van der Waals surface area contributed by atoms with E-state index in [1.54, 1.807) is 0 Å². The van der Waals surface area contributed by atoms with Crippen LogP contribution in [0.15, 0.2) is 27.1 Å². The van der Waals surface area contributed by atoms with Crippen molar-refractivity contribution in [1.82, 2.24) is 0 Å². The lowest BCUT2D eigenvalue weighted by Crippen LogP contribution is -1.98. The summed E-state index contributed by atoms with van der Waals surface area (Å²) in [7, 11) is 0. The van der Waals surface area contributed by atoms with Gasteiger partial charge in [0.2, 0.25) is 0 Å². The molecule has 1 aromatic rings. The van der Waals surface area contributed by atoms with Crippen molar-refractivity contribution in [3.8, 4) is 5.75 Å². The number of hydrogen-bond acceptors (Lipinski definition) is 1. The molecule has 0 spiro atoms. The molecule has 0 aliphatic heterocycles. The number of halogens is 3. The molecule has 4 heteroatoms. The number of benzene rings is 1. The Morgan fingerprint density at radius 3 is 2.38 bits per heavy atom. The second-order valence-electron chi connectivity index (χ2n) is 2.44. The number of ether oxygens (including phenoxy) is 1. The van der Waals surface area contributed by atoms with Crippen LogP contribution in [0.4, 0.5) is 0 Å². The Hall–Kier alpha value is 0.270. The number of hydrogen-bond donors (Lipinski definition) is 0. The zero-order chi connectivity index (χ0) is 9.68. The first-order chi connectivity index (χ1) is 6.25. The maximum atomic E-state index is 5.54. The van der Waals surface area contributed by atoms with Crippen LogP contribution in [-0.4, -0.2) is 12.5 Å². The van der Waals surface area contributed by atoms with Crippen molar-refractivity contribution in [3.63, 3.8) is 0 Å². The second-order valence-corrected chi connectivity index (χ2v) is 4.53. The van der Waals surface area contributed by atoms with Gasteiger partial charge in [-0.2, -0.15) is 0 Å². The summed E-state index contributed by atoms with van der Waals surface area (Å²) >= 11 is 12.4. The summed E-state index contributed by atoms with van der Waals surface area (Å²) in [4.78, 5) is 0. The van der Waals surface area contributed by atoms with Gasteiger partial charge < -0.3 is 4.74 Å². The minimum atomic E-state index is 0.627. The molecule has 0 fully saturated rings. The minimum Gasteiger partial charge on any atom is -0.491 e. The molecule has 13 heavy (non-hydrogen) atoms. The Morgan fingerprint density at radius 1 is 1.23 bits per heavy atom. The first-order valence-corrected chi connectivity index (χ1v) is 6.00. The summed E-state index contributed by atoms with van der Waals surface area (Å²) < 4.78 is 7.44. The summed E-state index contributed by atoms with van der Waals surface area (Å²) in [6.45, 7) is 0.644. The summed E-state index contributed by atoms with van der Waals surface area (Å²) in [5.41, 5.74) is 0. The maximum Gasteiger partial charge on any atom is 0.147 e. The monoisotopic (exact) mass is 326 g/mol. The van der Waals surface area contributed by atoms with Gasteiger partial charge in [-0.1, -0.05) is 6.07 Å². The fourth-order valence-corrected chi connectivity index (χ4v) is 2.19. The molecule has 0 N–H and O–H groups in total. The van der Waals surface area contributed by atoms with Gasteiger partial charge in [-0.25, -0.2) is 0 Å². The Balaban J connectivity index is 2.64. The zero-order valence-electron chi connectivity index (χ0n) is 6.90. The SMILES string of the molecule is ClCCCOc1c(Br)cccc1Br. The lowest BCUT2D eigenvalue weighted by atomic mass is 10.3. The van der Waals surface area contributed by atoms with Crippen LogP contribution in [-0.2, 0) is 0 Å². The van der Waals surface area contributed by atoms with E-state index in [1.807, 2.05) is 18.2 Å². The van der Waals surface area contributed by atoms with Gasteiger partial charge in [-0.05, 0) is 50.4 Å². The van der Waals surface area contributed by atoms with Crippen LogP contribution >= 0.6 is 43.5 Å². The standard InChI is InChI=1S/C9H9Br2ClO/c10-7-3-1-4-8(11)9(7)13-6-2-5-12/h1,3-4H,2,5-6H2. The summed E-state index contributed by atoms with van der Waals surface area (Å²) in [6.07, 6.45) is 0.856. The van der Waals surface area contributed by atoms with Gasteiger partial charge in [0.1, 0.15) is 5.75 Å². The molecule has 0 saturated heterocycles. The van der Waals surface area contributed by atoms with Gasteiger partial charge in [0, 0.05) is 5.88 Å². The molecular formula is C9H9Br2ClO. The van der Waals surface area contributed by atoms with Crippen molar-refractivity contribution in [1.29, 1.82) is 0 Å². The molecule has 1 nitrogen and oxygen atoms in total. The number of alkyl halides is 1. The Morgan fingerprint density at radius 2 is 1.85 bits per heavy atom. The van der Waals surface area contributed by atoms with Crippen LogP contribution in [0.25, 0.3) is 0 Å². The molecule has 0 atom stereocenters. The molecule has 1 aromatic carbocycles. The molecular weight excluding hydrogens is 319 g/mol. The molecule has 0 radical (unpaired) electrons. The van der Waals surface area contributed by atoms with E-state index in [2.05, 4.69) is 31.9 Å². The normalized spacial score (nSPS) is 10.1. The average molecular weight is 328 g/mol. The highest BCUT2D eigenvalue weighted by Crippen LogP contribution is 2.32. The van der Waals surface area contributed by atoms with Crippen molar-refractivity contribution in [2.24, 2.45) is 0 Å². The lowest BCUT2D eigenvalue weighted by molar-refractivity contribution is 0.314.